The summed E-state index contributed by atoms with van der Waals surface area (Å²) in [5.41, 5.74) is 2.24. The van der Waals surface area contributed by atoms with Crippen molar-refractivity contribution in [2.45, 2.75) is 32.4 Å². The zero-order valence-electron chi connectivity index (χ0n) is 11.9. The highest BCUT2D eigenvalue weighted by molar-refractivity contribution is 5.55. The van der Waals surface area contributed by atoms with Crippen molar-refractivity contribution in [2.75, 3.05) is 18.0 Å². The summed E-state index contributed by atoms with van der Waals surface area (Å²) in [5, 5.41) is 10.2. The maximum absolute atomic E-state index is 10.2. The number of fused-ring (bicyclic) bond motifs is 1. The Morgan fingerprint density at radius 2 is 2.15 bits per heavy atom. The minimum Gasteiger partial charge on any atom is -0.388 e. The van der Waals surface area contributed by atoms with Crippen molar-refractivity contribution in [3.63, 3.8) is 0 Å². The van der Waals surface area contributed by atoms with Crippen LogP contribution in [0.25, 0.3) is 0 Å². The molecule has 0 radical (unpaired) electrons. The second-order valence-electron chi connectivity index (χ2n) is 5.37. The lowest BCUT2D eigenvalue weighted by Crippen LogP contribution is -2.28. The monoisotopic (exact) mass is 271 g/mol. The largest absolute Gasteiger partial charge is 0.388 e. The number of anilines is 1. The number of aliphatic hydroxyl groups is 1. The van der Waals surface area contributed by atoms with Crippen LogP contribution in [0, 0.1) is 6.92 Å². The van der Waals surface area contributed by atoms with Gasteiger partial charge >= 0.3 is 0 Å². The molecule has 1 atom stereocenters. The molecule has 1 N–H and O–H groups in total. The fraction of sp³-hybridized carbons (Fsp3) is 0.438. The first kappa shape index (κ1) is 13.2. The number of benzene rings is 1. The van der Waals surface area contributed by atoms with Gasteiger partial charge in [0.1, 0.15) is 5.82 Å². The maximum Gasteiger partial charge on any atom is 0.105 e. The predicted octanol–water partition coefficient (Wildman–Crippen LogP) is 2.53. The minimum absolute atomic E-state index is 0.328. The van der Waals surface area contributed by atoms with E-state index in [2.05, 4.69) is 20.5 Å². The number of aliphatic hydroxyl groups excluding tert-OH is 1. The van der Waals surface area contributed by atoms with Crippen LogP contribution in [-0.2, 0) is 6.54 Å². The molecule has 20 heavy (non-hydrogen) atoms. The molecule has 1 aromatic heterocycles. The third kappa shape index (κ3) is 2.56. The summed E-state index contributed by atoms with van der Waals surface area (Å²) >= 11 is 0. The molecule has 1 aliphatic rings. The third-order valence-electron chi connectivity index (χ3n) is 4.08. The van der Waals surface area contributed by atoms with Crippen LogP contribution >= 0.6 is 0 Å². The van der Waals surface area contributed by atoms with Crippen molar-refractivity contribution < 1.29 is 5.11 Å². The standard InChI is InChI=1S/C16H21N3O/c1-13-17-8-10-18(13)11-12-19-9-4-7-16(20)14-5-2-3-6-15(14)19/h2-3,5-6,8,10,16,20H,4,7,9,11-12H2,1H3. The Hall–Kier alpha value is -1.81. The molecule has 4 nitrogen and oxygen atoms in total. The molecular weight excluding hydrogens is 250 g/mol. The Balaban J connectivity index is 1.79. The highest BCUT2D eigenvalue weighted by Crippen LogP contribution is 2.32. The van der Waals surface area contributed by atoms with Crippen LogP contribution in [0.15, 0.2) is 36.7 Å². The van der Waals surface area contributed by atoms with Gasteiger partial charge in [-0.1, -0.05) is 18.2 Å². The molecule has 0 saturated carbocycles. The van der Waals surface area contributed by atoms with Crippen molar-refractivity contribution >= 4 is 5.69 Å². The molecule has 106 valence electrons. The molecule has 1 unspecified atom stereocenters. The fourth-order valence-corrected chi connectivity index (χ4v) is 2.91. The Kier molecular flexibility index (Phi) is 3.74. The Labute approximate surface area is 119 Å². The highest BCUT2D eigenvalue weighted by Gasteiger charge is 2.20. The van der Waals surface area contributed by atoms with Crippen molar-refractivity contribution in [1.82, 2.24) is 9.55 Å². The van der Waals surface area contributed by atoms with Gasteiger partial charge in [-0.25, -0.2) is 4.98 Å². The first-order valence-corrected chi connectivity index (χ1v) is 7.25. The summed E-state index contributed by atoms with van der Waals surface area (Å²) in [7, 11) is 0. The summed E-state index contributed by atoms with van der Waals surface area (Å²) in [5.74, 6) is 1.05. The van der Waals surface area contributed by atoms with E-state index in [1.54, 1.807) is 0 Å². The Bertz CT molecular complexity index is 579. The molecule has 0 saturated heterocycles. The molecule has 0 spiro atoms. The van der Waals surface area contributed by atoms with E-state index in [9.17, 15) is 5.11 Å². The number of hydrogen-bond acceptors (Lipinski definition) is 3. The lowest BCUT2D eigenvalue weighted by molar-refractivity contribution is 0.168. The van der Waals surface area contributed by atoms with Gasteiger partial charge in [-0.3, -0.25) is 0 Å². The van der Waals surface area contributed by atoms with Crippen LogP contribution in [0.2, 0.25) is 0 Å². The maximum atomic E-state index is 10.2. The number of aryl methyl sites for hydroxylation is 1. The van der Waals surface area contributed by atoms with E-state index in [0.29, 0.717) is 0 Å². The average Bonchev–Trinajstić information content (AvgIpc) is 2.80. The van der Waals surface area contributed by atoms with Crippen LogP contribution in [0.4, 0.5) is 5.69 Å². The van der Waals surface area contributed by atoms with Crippen molar-refractivity contribution in [2.24, 2.45) is 0 Å². The van der Waals surface area contributed by atoms with E-state index < -0.39 is 0 Å². The summed E-state index contributed by atoms with van der Waals surface area (Å²) < 4.78 is 2.17. The molecule has 1 aliphatic heterocycles. The van der Waals surface area contributed by atoms with E-state index in [0.717, 1.165) is 43.9 Å². The van der Waals surface area contributed by atoms with Crippen LogP contribution in [0.5, 0.6) is 0 Å². The second kappa shape index (κ2) is 5.67. The molecule has 3 rings (SSSR count). The van der Waals surface area contributed by atoms with Gasteiger partial charge in [0.15, 0.2) is 0 Å². The van der Waals surface area contributed by atoms with Gasteiger partial charge in [0.25, 0.3) is 0 Å². The lowest BCUT2D eigenvalue weighted by Gasteiger charge is -2.25. The summed E-state index contributed by atoms with van der Waals surface area (Å²) in [6.45, 7) is 4.90. The quantitative estimate of drug-likeness (QED) is 0.932. The van der Waals surface area contributed by atoms with Crippen LogP contribution < -0.4 is 4.90 Å². The summed E-state index contributed by atoms with van der Waals surface area (Å²) in [6, 6.07) is 8.21. The number of rotatable bonds is 3. The van der Waals surface area contributed by atoms with Gasteiger partial charge in [-0.2, -0.15) is 0 Å². The van der Waals surface area contributed by atoms with E-state index in [-0.39, 0.29) is 6.10 Å². The Morgan fingerprint density at radius 3 is 2.95 bits per heavy atom. The molecule has 0 fully saturated rings. The third-order valence-corrected chi connectivity index (χ3v) is 4.08. The summed E-state index contributed by atoms with van der Waals surface area (Å²) in [4.78, 5) is 6.64. The van der Waals surface area contributed by atoms with Gasteiger partial charge in [-0.15, -0.1) is 0 Å². The predicted molar refractivity (Wildman–Crippen MR) is 79.8 cm³/mol. The number of nitrogens with zero attached hydrogens (tertiary/aromatic N) is 3. The van der Waals surface area contributed by atoms with Crippen LogP contribution in [0.3, 0.4) is 0 Å². The van der Waals surface area contributed by atoms with Crippen molar-refractivity contribution in [3.05, 3.63) is 48.0 Å². The van der Waals surface area contributed by atoms with Crippen LogP contribution in [-0.4, -0.2) is 27.7 Å². The van der Waals surface area contributed by atoms with Crippen LogP contribution in [0.1, 0.15) is 30.3 Å². The first-order chi connectivity index (χ1) is 9.75. The Morgan fingerprint density at radius 1 is 1.30 bits per heavy atom. The van der Waals surface area contributed by atoms with Gasteiger partial charge in [0, 0.05) is 43.3 Å². The van der Waals surface area contributed by atoms with E-state index in [4.69, 9.17) is 0 Å². The smallest absolute Gasteiger partial charge is 0.105 e. The van der Waals surface area contributed by atoms with E-state index in [1.165, 1.54) is 5.69 Å². The molecule has 0 amide bonds. The SMILES string of the molecule is Cc1nccn1CCN1CCCC(O)c2ccccc21. The second-order valence-corrected chi connectivity index (χ2v) is 5.37. The van der Waals surface area contributed by atoms with E-state index in [1.807, 2.05) is 37.5 Å². The molecule has 1 aromatic carbocycles. The van der Waals surface area contributed by atoms with E-state index >= 15 is 0 Å². The first-order valence-electron chi connectivity index (χ1n) is 7.25. The van der Waals surface area contributed by atoms with Gasteiger partial charge in [-0.05, 0) is 25.8 Å². The van der Waals surface area contributed by atoms with Crippen molar-refractivity contribution in [3.8, 4) is 0 Å². The number of imidazole rings is 1. The highest BCUT2D eigenvalue weighted by atomic mass is 16.3. The average molecular weight is 271 g/mol. The number of para-hydroxylation sites is 1. The molecular formula is C16H21N3O. The molecule has 2 aromatic rings. The molecule has 4 heteroatoms. The zero-order chi connectivity index (χ0) is 13.9. The normalized spacial score (nSPS) is 18.7. The lowest BCUT2D eigenvalue weighted by atomic mass is 10.0. The van der Waals surface area contributed by atoms with Crippen molar-refractivity contribution in [1.29, 1.82) is 0 Å². The molecule has 0 aliphatic carbocycles. The molecule has 2 heterocycles. The number of hydrogen-bond donors (Lipinski definition) is 1. The van der Waals surface area contributed by atoms with Gasteiger partial charge in [0.05, 0.1) is 6.10 Å². The fourth-order valence-electron chi connectivity index (χ4n) is 2.91. The molecule has 0 bridgehead atoms. The number of aromatic nitrogens is 2. The summed E-state index contributed by atoms with van der Waals surface area (Å²) in [6.07, 6.45) is 5.41. The van der Waals surface area contributed by atoms with Gasteiger partial charge in [0.2, 0.25) is 0 Å². The van der Waals surface area contributed by atoms with Gasteiger partial charge < -0.3 is 14.6 Å². The zero-order valence-corrected chi connectivity index (χ0v) is 11.9. The topological polar surface area (TPSA) is 41.3 Å². The minimum atomic E-state index is -0.328.